The van der Waals surface area contributed by atoms with Crippen molar-refractivity contribution in [2.45, 2.75) is 18.2 Å². The number of aromatic nitrogens is 2. The molecule has 0 radical (unpaired) electrons. The Morgan fingerprint density at radius 3 is 1.75 bits per heavy atom. The molecule has 0 amide bonds. The largest absolute Gasteiger partial charge is 0.485 e. The number of benzene rings is 8. The van der Waals surface area contributed by atoms with Gasteiger partial charge in [0.2, 0.25) is 0 Å². The number of hydrogen-bond donors (Lipinski definition) is 0. The minimum atomic E-state index is -0.319. The molecule has 6 heteroatoms. The smallest absolute Gasteiger partial charge is 0.159 e. The lowest BCUT2D eigenvalue weighted by atomic mass is 9.85. The van der Waals surface area contributed by atoms with Crippen molar-refractivity contribution in [1.82, 2.24) is 14.0 Å². The van der Waals surface area contributed by atoms with Gasteiger partial charge in [-0.3, -0.25) is 0 Å². The van der Waals surface area contributed by atoms with Gasteiger partial charge in [-0.25, -0.2) is 9.98 Å². The zero-order valence-corrected chi connectivity index (χ0v) is 35.1. The van der Waals surface area contributed by atoms with Gasteiger partial charge >= 0.3 is 0 Å². The summed E-state index contributed by atoms with van der Waals surface area (Å²) in [5.41, 5.74) is 13.7. The molecular weight excluding hydrogens is 783 g/mol. The number of aliphatic imine (C=N–C) groups is 2. The van der Waals surface area contributed by atoms with Crippen LogP contribution in [-0.2, 0) is 0 Å². The van der Waals surface area contributed by atoms with E-state index >= 15 is 0 Å². The van der Waals surface area contributed by atoms with Gasteiger partial charge in [0.05, 0.1) is 22.1 Å². The fourth-order valence-corrected chi connectivity index (χ4v) is 10.4. The van der Waals surface area contributed by atoms with Crippen LogP contribution in [-0.4, -0.2) is 38.9 Å². The third-order valence-electron chi connectivity index (χ3n) is 13.3. The van der Waals surface area contributed by atoms with Gasteiger partial charge in [0.25, 0.3) is 0 Å². The number of hydrogen-bond acceptors (Lipinski definition) is 4. The maximum atomic E-state index is 6.70. The minimum Gasteiger partial charge on any atom is -0.485 e. The van der Waals surface area contributed by atoms with Crippen LogP contribution in [0.15, 0.2) is 228 Å². The highest BCUT2D eigenvalue weighted by molar-refractivity contribution is 6.24. The highest BCUT2D eigenvalue weighted by Gasteiger charge is 2.37. The lowest BCUT2D eigenvalue weighted by Gasteiger charge is -2.34. The van der Waals surface area contributed by atoms with Crippen LogP contribution in [0.4, 0.5) is 0 Å². The van der Waals surface area contributed by atoms with E-state index in [1.807, 2.05) is 18.2 Å². The number of para-hydroxylation sites is 3. The molecule has 0 saturated carbocycles. The van der Waals surface area contributed by atoms with Gasteiger partial charge in [-0.1, -0.05) is 164 Å². The van der Waals surface area contributed by atoms with Crippen molar-refractivity contribution in [3.8, 4) is 28.3 Å². The van der Waals surface area contributed by atoms with E-state index in [0.29, 0.717) is 5.84 Å². The Kier molecular flexibility index (Phi) is 8.22. The maximum Gasteiger partial charge on any atom is 0.159 e. The van der Waals surface area contributed by atoms with E-state index in [0.717, 1.165) is 45.2 Å². The molecule has 304 valence electrons. The summed E-state index contributed by atoms with van der Waals surface area (Å²) in [7, 11) is 2.10. The average molecular weight is 824 g/mol. The molecule has 3 unspecified atom stereocenters. The number of likely N-dealkylation sites (N-methyl/N-ethyl adjacent to an activating group) is 1. The van der Waals surface area contributed by atoms with Gasteiger partial charge in [-0.2, -0.15) is 0 Å². The second-order valence-corrected chi connectivity index (χ2v) is 16.9. The first kappa shape index (κ1) is 36.4. The molecule has 3 atom stereocenters. The molecule has 4 heterocycles. The number of nitrogens with zero attached hydrogens (tertiary/aromatic N) is 5. The Morgan fingerprint density at radius 1 is 0.516 bits per heavy atom. The van der Waals surface area contributed by atoms with E-state index < -0.39 is 0 Å². The first-order valence-electron chi connectivity index (χ1n) is 22.0. The molecule has 64 heavy (non-hydrogen) atoms. The molecular formula is C58H41N5O. The lowest BCUT2D eigenvalue weighted by Crippen LogP contribution is -2.37. The van der Waals surface area contributed by atoms with E-state index in [4.69, 9.17) is 14.7 Å². The van der Waals surface area contributed by atoms with Crippen molar-refractivity contribution in [3.05, 3.63) is 235 Å². The Labute approximate surface area is 370 Å². The molecule has 2 aliphatic heterocycles. The molecule has 10 aromatic rings. The topological polar surface area (TPSA) is 47.0 Å². The number of ether oxygens (including phenoxy) is 1. The van der Waals surface area contributed by atoms with E-state index in [1.165, 1.54) is 54.8 Å². The van der Waals surface area contributed by atoms with Crippen molar-refractivity contribution in [1.29, 1.82) is 0 Å². The van der Waals surface area contributed by atoms with Gasteiger partial charge in [0.1, 0.15) is 23.9 Å². The maximum absolute atomic E-state index is 6.70. The van der Waals surface area contributed by atoms with Crippen LogP contribution < -0.4 is 4.74 Å². The highest BCUT2D eigenvalue weighted by atomic mass is 16.5. The van der Waals surface area contributed by atoms with Gasteiger partial charge in [0, 0.05) is 62.6 Å². The van der Waals surface area contributed by atoms with Gasteiger partial charge < -0.3 is 18.8 Å². The van der Waals surface area contributed by atoms with Crippen molar-refractivity contribution >= 4 is 55.3 Å². The van der Waals surface area contributed by atoms with Crippen LogP contribution in [0, 0.1) is 0 Å². The summed E-state index contributed by atoms with van der Waals surface area (Å²) in [5.74, 6) is 2.61. The molecule has 0 N–H and O–H groups in total. The molecule has 8 aromatic carbocycles. The molecule has 0 spiro atoms. The first-order chi connectivity index (χ1) is 31.7. The number of rotatable bonds is 6. The molecule has 6 nitrogen and oxygen atoms in total. The highest BCUT2D eigenvalue weighted by Crippen LogP contribution is 2.48. The van der Waals surface area contributed by atoms with Gasteiger partial charge in [0.15, 0.2) is 5.84 Å². The molecule has 2 aromatic heterocycles. The second kappa shape index (κ2) is 14.4. The molecule has 3 aliphatic rings. The summed E-state index contributed by atoms with van der Waals surface area (Å²) in [6.07, 6.45) is 6.31. The van der Waals surface area contributed by atoms with E-state index in [9.17, 15) is 0 Å². The molecule has 0 saturated heterocycles. The third-order valence-corrected chi connectivity index (χ3v) is 13.3. The predicted octanol–water partition coefficient (Wildman–Crippen LogP) is 13.4. The molecule has 0 bridgehead atoms. The lowest BCUT2D eigenvalue weighted by molar-refractivity contribution is 0.268. The summed E-state index contributed by atoms with van der Waals surface area (Å²) in [5, 5.41) is 4.91. The van der Waals surface area contributed by atoms with Crippen molar-refractivity contribution < 1.29 is 4.74 Å². The number of fused-ring (bicyclic) bond motifs is 10. The quantitative estimate of drug-likeness (QED) is 0.168. The molecule has 0 fully saturated rings. The van der Waals surface area contributed by atoms with E-state index in [-0.39, 0.29) is 18.2 Å². The van der Waals surface area contributed by atoms with Crippen molar-refractivity contribution in [2.24, 2.45) is 9.98 Å². The summed E-state index contributed by atoms with van der Waals surface area (Å²) in [6, 6.07) is 69.1. The predicted molar refractivity (Wildman–Crippen MR) is 262 cm³/mol. The monoisotopic (exact) mass is 823 g/mol. The normalized spacial score (nSPS) is 17.9. The van der Waals surface area contributed by atoms with Crippen molar-refractivity contribution in [2.75, 3.05) is 7.05 Å². The second-order valence-electron chi connectivity index (χ2n) is 16.9. The Morgan fingerprint density at radius 2 is 1.09 bits per heavy atom. The number of amidine groups is 2. The zero-order valence-electron chi connectivity index (χ0n) is 35.1. The summed E-state index contributed by atoms with van der Waals surface area (Å²) in [4.78, 5) is 12.8. The van der Waals surface area contributed by atoms with Crippen LogP contribution in [0.1, 0.15) is 28.8 Å². The zero-order chi connectivity index (χ0) is 42.3. The van der Waals surface area contributed by atoms with Crippen LogP contribution in [0.5, 0.6) is 5.75 Å². The van der Waals surface area contributed by atoms with E-state index in [2.05, 4.69) is 215 Å². The summed E-state index contributed by atoms with van der Waals surface area (Å²) < 4.78 is 11.6. The fraction of sp³-hybridized carbons (Fsp3) is 0.0690. The van der Waals surface area contributed by atoms with Crippen LogP contribution >= 0.6 is 0 Å². The SMILES string of the molecule is CN1C(C2=CC3Oc4cccc(-c5ccccc5)c4C3C=C2)=NC(c2ccccc2)=NC1c1ccc(-n2c3ccccc3c3ccc4c5ccccc5n(-c5ccccc5)c4c32)cc1. The first-order valence-corrected chi connectivity index (χ1v) is 22.0. The van der Waals surface area contributed by atoms with E-state index in [1.54, 1.807) is 0 Å². The Bertz CT molecular complexity index is 3600. The Hall–Kier alpha value is -8.22. The van der Waals surface area contributed by atoms with Crippen LogP contribution in [0.25, 0.3) is 66.1 Å². The fourth-order valence-electron chi connectivity index (χ4n) is 10.4. The van der Waals surface area contributed by atoms with Crippen LogP contribution in [0.2, 0.25) is 0 Å². The average Bonchev–Trinajstić information content (AvgIpc) is 4.02. The minimum absolute atomic E-state index is 0.103. The summed E-state index contributed by atoms with van der Waals surface area (Å²) >= 11 is 0. The standard InChI is InChI=1S/C58H41N5O/c1-61-57(59-56(38-18-7-3-8-19-38)60-58(61)40-30-33-48-52(36-40)64-51-27-15-24-43(53(48)51)37-16-5-2-6-17-37)39-28-31-42(32-29-39)63-50-26-14-12-23-45(50)47-35-34-46-44-22-11-13-25-49(44)62(54(46)55(47)63)41-20-9-4-10-21-41/h2-36,48,52,57H,1H3. The van der Waals surface area contributed by atoms with Crippen LogP contribution in [0.3, 0.4) is 0 Å². The third kappa shape index (κ3) is 5.59. The Balaban J connectivity index is 0.918. The van der Waals surface area contributed by atoms with Gasteiger partial charge in [-0.15, -0.1) is 0 Å². The molecule has 1 aliphatic carbocycles. The summed E-state index contributed by atoms with van der Waals surface area (Å²) in [6.45, 7) is 0. The van der Waals surface area contributed by atoms with Crippen molar-refractivity contribution in [3.63, 3.8) is 0 Å². The van der Waals surface area contributed by atoms with Gasteiger partial charge in [-0.05, 0) is 65.2 Å². The molecule has 13 rings (SSSR count).